The number of rotatable bonds is 4. The Hall–Kier alpha value is -4.06. The van der Waals surface area contributed by atoms with Crippen LogP contribution in [0.5, 0.6) is 11.5 Å². The summed E-state index contributed by atoms with van der Waals surface area (Å²) in [7, 11) is 0. The van der Waals surface area contributed by atoms with Crippen LogP contribution in [0.15, 0.2) is 77.3 Å². The zero-order chi connectivity index (χ0) is 21.0. The van der Waals surface area contributed by atoms with E-state index in [9.17, 15) is 15.0 Å². The molecule has 0 radical (unpaired) electrons. The van der Waals surface area contributed by atoms with Gasteiger partial charge in [0.25, 0.3) is 5.91 Å². The maximum Gasteiger partial charge on any atom is 0.275 e. The van der Waals surface area contributed by atoms with Gasteiger partial charge in [0, 0.05) is 5.57 Å². The molecule has 0 unspecified atom stereocenters. The molecule has 0 atom stereocenters. The van der Waals surface area contributed by atoms with Crippen molar-refractivity contribution in [2.75, 3.05) is 0 Å². The third-order valence-electron chi connectivity index (χ3n) is 4.39. The van der Waals surface area contributed by atoms with Gasteiger partial charge in [0.2, 0.25) is 0 Å². The van der Waals surface area contributed by atoms with Gasteiger partial charge in [0.15, 0.2) is 5.96 Å². The highest BCUT2D eigenvalue weighted by Gasteiger charge is 2.13. The monoisotopic (exact) mass is 387 g/mol. The molecule has 0 aliphatic carbocycles. The number of nitrogens with two attached hydrogens (primary N) is 2. The van der Waals surface area contributed by atoms with Crippen molar-refractivity contribution >= 4 is 17.9 Å². The lowest BCUT2D eigenvalue weighted by molar-refractivity contribution is -0.114. The molecule has 29 heavy (non-hydrogen) atoms. The molecule has 0 fully saturated rings. The average molecular weight is 387 g/mol. The molecule has 0 heterocycles. The van der Waals surface area contributed by atoms with E-state index in [1.54, 1.807) is 61.5 Å². The highest BCUT2D eigenvalue weighted by molar-refractivity contribution is 6.05. The van der Waals surface area contributed by atoms with Gasteiger partial charge in [-0.3, -0.25) is 4.79 Å². The summed E-state index contributed by atoms with van der Waals surface area (Å²) in [5.41, 5.74) is 15.3. The van der Waals surface area contributed by atoms with Gasteiger partial charge in [-0.25, -0.2) is 0 Å². The molecule has 0 bridgehead atoms. The van der Waals surface area contributed by atoms with E-state index >= 15 is 0 Å². The van der Waals surface area contributed by atoms with Crippen LogP contribution < -0.4 is 11.5 Å². The van der Waals surface area contributed by atoms with Crippen LogP contribution in [0.2, 0.25) is 0 Å². The summed E-state index contributed by atoms with van der Waals surface area (Å²) in [5.74, 6) is -0.491. The second kappa shape index (κ2) is 8.31. The zero-order valence-electron chi connectivity index (χ0n) is 15.8. The molecular formula is C23H21N3O3. The maximum atomic E-state index is 12.3. The van der Waals surface area contributed by atoms with E-state index in [-0.39, 0.29) is 17.5 Å². The lowest BCUT2D eigenvalue weighted by atomic mass is 9.90. The first-order valence-corrected chi connectivity index (χ1v) is 8.89. The minimum Gasteiger partial charge on any atom is -0.508 e. The molecule has 146 valence electrons. The smallest absolute Gasteiger partial charge is 0.275 e. The molecule has 6 N–H and O–H groups in total. The molecule has 0 saturated heterocycles. The number of hydrogen-bond donors (Lipinski definition) is 4. The summed E-state index contributed by atoms with van der Waals surface area (Å²) < 4.78 is 0. The van der Waals surface area contributed by atoms with Crippen molar-refractivity contribution in [1.82, 2.24) is 0 Å². The van der Waals surface area contributed by atoms with Crippen LogP contribution in [-0.2, 0) is 4.79 Å². The zero-order valence-corrected chi connectivity index (χ0v) is 15.8. The number of carbonyl (C=O) groups is 1. The van der Waals surface area contributed by atoms with E-state index in [4.69, 9.17) is 11.5 Å². The molecule has 6 heteroatoms. The van der Waals surface area contributed by atoms with Crippen molar-refractivity contribution < 1.29 is 15.0 Å². The number of phenols is 2. The van der Waals surface area contributed by atoms with E-state index in [2.05, 4.69) is 4.99 Å². The Morgan fingerprint density at radius 2 is 1.28 bits per heavy atom. The van der Waals surface area contributed by atoms with E-state index in [0.29, 0.717) is 5.57 Å². The van der Waals surface area contributed by atoms with Crippen LogP contribution in [0.3, 0.4) is 0 Å². The molecule has 0 aliphatic rings. The second-order valence-electron chi connectivity index (χ2n) is 6.53. The van der Waals surface area contributed by atoms with Gasteiger partial charge in [-0.15, -0.1) is 0 Å². The van der Waals surface area contributed by atoms with E-state index in [0.717, 1.165) is 27.8 Å². The predicted octanol–water partition coefficient (Wildman–Crippen LogP) is 3.64. The van der Waals surface area contributed by atoms with Gasteiger partial charge in [0.05, 0.1) is 0 Å². The highest BCUT2D eigenvalue weighted by atomic mass is 16.3. The van der Waals surface area contributed by atoms with Crippen molar-refractivity contribution in [1.29, 1.82) is 0 Å². The standard InChI is InChI=1S/C23H21N3O3/c1-14(22(29)26-23(24)25)13-21-19(15-5-9-17(27)10-6-15)3-2-4-20(21)16-7-11-18(28)12-8-16/h2-13,27-28H,1H3,(H4,24,25,26,29)/b14-13+. The number of amides is 1. The second-order valence-corrected chi connectivity index (χ2v) is 6.53. The van der Waals surface area contributed by atoms with Crippen LogP contribution in [0.4, 0.5) is 0 Å². The van der Waals surface area contributed by atoms with Crippen LogP contribution >= 0.6 is 0 Å². The number of guanidine groups is 1. The van der Waals surface area contributed by atoms with Crippen molar-refractivity contribution in [3.63, 3.8) is 0 Å². The number of phenolic OH excluding ortho intramolecular Hbond substituents is 2. The number of benzene rings is 3. The van der Waals surface area contributed by atoms with E-state index in [1.165, 1.54) is 0 Å². The van der Waals surface area contributed by atoms with Gasteiger partial charge in [-0.2, -0.15) is 4.99 Å². The summed E-state index contributed by atoms with van der Waals surface area (Å²) in [6, 6.07) is 19.4. The third kappa shape index (κ3) is 4.62. The number of aliphatic imine (C=N–C) groups is 1. The van der Waals surface area contributed by atoms with Crippen molar-refractivity contribution in [3.05, 3.63) is 77.9 Å². The Bertz CT molecular complexity index is 1030. The maximum absolute atomic E-state index is 12.3. The predicted molar refractivity (Wildman–Crippen MR) is 115 cm³/mol. The van der Waals surface area contributed by atoms with E-state index in [1.807, 2.05) is 18.2 Å². The normalized spacial score (nSPS) is 11.1. The molecule has 0 aromatic heterocycles. The quantitative estimate of drug-likeness (QED) is 0.309. The van der Waals surface area contributed by atoms with Crippen molar-refractivity contribution in [3.8, 4) is 33.8 Å². The summed E-state index contributed by atoms with van der Waals surface area (Å²) in [6.07, 6.45) is 1.74. The fourth-order valence-corrected chi connectivity index (χ4v) is 2.99. The lowest BCUT2D eigenvalue weighted by Gasteiger charge is -2.14. The molecule has 0 aliphatic heterocycles. The first kappa shape index (κ1) is 19.7. The lowest BCUT2D eigenvalue weighted by Crippen LogP contribution is -2.24. The fraction of sp³-hybridized carbons (Fsp3) is 0.0435. The number of aromatic hydroxyl groups is 2. The molecule has 6 nitrogen and oxygen atoms in total. The first-order valence-electron chi connectivity index (χ1n) is 8.89. The van der Waals surface area contributed by atoms with Crippen molar-refractivity contribution in [2.45, 2.75) is 6.92 Å². The topological polar surface area (TPSA) is 122 Å². The van der Waals surface area contributed by atoms with Gasteiger partial charge in [-0.1, -0.05) is 42.5 Å². The van der Waals surface area contributed by atoms with Crippen LogP contribution in [0, 0.1) is 0 Å². The molecule has 3 aromatic carbocycles. The highest BCUT2D eigenvalue weighted by Crippen LogP contribution is 2.35. The average Bonchev–Trinajstić information content (AvgIpc) is 2.69. The molecule has 3 rings (SSSR count). The summed E-state index contributed by atoms with van der Waals surface area (Å²) >= 11 is 0. The number of hydrogen-bond acceptors (Lipinski definition) is 3. The molecule has 1 amide bonds. The third-order valence-corrected chi connectivity index (χ3v) is 4.39. The largest absolute Gasteiger partial charge is 0.508 e. The molecule has 3 aromatic rings. The number of carbonyl (C=O) groups excluding carboxylic acids is 1. The molecule has 0 spiro atoms. The molecule has 0 saturated carbocycles. The van der Waals surface area contributed by atoms with Gasteiger partial charge < -0.3 is 21.7 Å². The number of nitrogens with zero attached hydrogens (tertiary/aromatic N) is 1. The van der Waals surface area contributed by atoms with Crippen LogP contribution in [0.25, 0.3) is 28.3 Å². The van der Waals surface area contributed by atoms with E-state index < -0.39 is 5.91 Å². The Balaban J connectivity index is 2.23. The molecular weight excluding hydrogens is 366 g/mol. The van der Waals surface area contributed by atoms with Crippen molar-refractivity contribution in [2.24, 2.45) is 16.5 Å². The summed E-state index contributed by atoms with van der Waals surface area (Å²) in [6.45, 7) is 1.64. The van der Waals surface area contributed by atoms with Gasteiger partial charge >= 0.3 is 0 Å². The summed E-state index contributed by atoms with van der Waals surface area (Å²) in [4.78, 5) is 15.9. The Kier molecular flexibility index (Phi) is 5.64. The Morgan fingerprint density at radius 1 is 0.828 bits per heavy atom. The minimum absolute atomic E-state index is 0.166. The Morgan fingerprint density at radius 3 is 1.69 bits per heavy atom. The van der Waals surface area contributed by atoms with Gasteiger partial charge in [-0.05, 0) is 65.1 Å². The summed E-state index contributed by atoms with van der Waals surface area (Å²) in [5, 5.41) is 19.2. The van der Waals surface area contributed by atoms with Crippen LogP contribution in [-0.4, -0.2) is 22.1 Å². The fourth-order valence-electron chi connectivity index (χ4n) is 2.99. The SMILES string of the molecule is C/C(=C\c1c(-c2ccc(O)cc2)cccc1-c1ccc(O)cc1)C(=O)N=C(N)N. The first-order chi connectivity index (χ1) is 13.8. The minimum atomic E-state index is -0.526. The Labute approximate surface area is 168 Å². The van der Waals surface area contributed by atoms with Gasteiger partial charge in [0.1, 0.15) is 11.5 Å². The van der Waals surface area contributed by atoms with Crippen LogP contribution in [0.1, 0.15) is 12.5 Å².